The van der Waals surface area contributed by atoms with Gasteiger partial charge in [-0.2, -0.15) is 0 Å². The lowest BCUT2D eigenvalue weighted by atomic mass is 9.68. The van der Waals surface area contributed by atoms with Crippen molar-refractivity contribution in [1.82, 2.24) is 14.8 Å². The van der Waals surface area contributed by atoms with Crippen LogP contribution in [0.4, 0.5) is 0 Å². The summed E-state index contributed by atoms with van der Waals surface area (Å²) in [5.74, 6) is -0.673. The number of carbonyl (C=O) groups is 3. The highest BCUT2D eigenvalue weighted by molar-refractivity contribution is 8.00. The standard InChI is InChI=1S/C26H26ClN3O5S2/c27-13-3-1-12(2-4-13)17-18-14-11-15(21(18)36-23-22(17)37-26(34)28-23)20-19(14)24(32)30(25(20)33)6-5-16(31)29-7-9-35-10-8-29/h1-4,14-15,17-21H,5-11H2,(H,28,34). The van der Waals surface area contributed by atoms with Crippen LogP contribution in [0.15, 0.2) is 34.1 Å². The highest BCUT2D eigenvalue weighted by atomic mass is 35.5. The Morgan fingerprint density at radius 2 is 1.76 bits per heavy atom. The molecule has 1 aromatic heterocycles. The summed E-state index contributed by atoms with van der Waals surface area (Å²) in [6.07, 6.45) is 0.999. The first-order chi connectivity index (χ1) is 17.9. The molecule has 1 N–H and O–H groups in total. The van der Waals surface area contributed by atoms with Crippen LogP contribution in [-0.4, -0.2) is 70.6 Å². The van der Waals surface area contributed by atoms with Gasteiger partial charge >= 0.3 is 4.87 Å². The molecule has 2 aromatic rings. The lowest BCUT2D eigenvalue weighted by Gasteiger charge is -2.43. The Hall–Kier alpha value is -2.14. The molecule has 7 rings (SSSR count). The molecular formula is C26H26ClN3O5S2. The third-order valence-electron chi connectivity index (χ3n) is 8.96. The molecule has 2 saturated carbocycles. The number of halogens is 1. The van der Waals surface area contributed by atoms with Crippen LogP contribution in [0.1, 0.15) is 29.2 Å². The third kappa shape index (κ3) is 3.66. The number of benzene rings is 1. The molecule has 8 nitrogen and oxygen atoms in total. The molecular weight excluding hydrogens is 534 g/mol. The van der Waals surface area contributed by atoms with E-state index in [-0.39, 0.29) is 76.3 Å². The number of thioether (sulfide) groups is 1. The fraction of sp³-hybridized carbons (Fsp3) is 0.538. The number of morpholine rings is 1. The van der Waals surface area contributed by atoms with E-state index < -0.39 is 0 Å². The molecule has 4 fully saturated rings. The Morgan fingerprint density at radius 1 is 1.05 bits per heavy atom. The first kappa shape index (κ1) is 23.9. The molecule has 2 bridgehead atoms. The number of likely N-dealkylation sites (tertiary alicyclic amines) is 1. The van der Waals surface area contributed by atoms with Gasteiger partial charge in [0, 0.05) is 47.1 Å². The zero-order chi connectivity index (χ0) is 25.4. The number of imide groups is 1. The number of H-pyrrole nitrogens is 1. The van der Waals surface area contributed by atoms with Gasteiger partial charge in [0.25, 0.3) is 0 Å². The molecule has 2 saturated heterocycles. The number of nitrogens with one attached hydrogen (secondary N) is 1. The van der Waals surface area contributed by atoms with Crippen molar-refractivity contribution in [2.75, 3.05) is 32.8 Å². The first-order valence-corrected chi connectivity index (χ1v) is 14.9. The van der Waals surface area contributed by atoms with Crippen molar-refractivity contribution in [1.29, 1.82) is 0 Å². The van der Waals surface area contributed by atoms with Gasteiger partial charge in [-0.15, -0.1) is 11.8 Å². The van der Waals surface area contributed by atoms with Gasteiger partial charge in [-0.3, -0.25) is 24.1 Å². The Morgan fingerprint density at radius 3 is 2.49 bits per heavy atom. The van der Waals surface area contributed by atoms with Crippen LogP contribution in [0, 0.1) is 29.6 Å². The van der Waals surface area contributed by atoms with E-state index in [1.165, 1.54) is 16.2 Å². The first-order valence-electron chi connectivity index (χ1n) is 12.8. The summed E-state index contributed by atoms with van der Waals surface area (Å²) in [6.45, 7) is 2.29. The zero-order valence-electron chi connectivity index (χ0n) is 19.9. The molecule has 3 amide bonds. The molecule has 11 heteroatoms. The number of carbonyl (C=O) groups excluding carboxylic acids is 3. The van der Waals surface area contributed by atoms with Crippen LogP contribution in [0.25, 0.3) is 0 Å². The molecule has 2 aliphatic carbocycles. The second kappa shape index (κ2) is 8.97. The smallest absolute Gasteiger partial charge is 0.305 e. The van der Waals surface area contributed by atoms with Crippen LogP contribution in [0.2, 0.25) is 5.02 Å². The van der Waals surface area contributed by atoms with Crippen molar-refractivity contribution < 1.29 is 19.1 Å². The van der Waals surface area contributed by atoms with Gasteiger partial charge < -0.3 is 14.6 Å². The fourth-order valence-corrected chi connectivity index (χ4v) is 10.5. The van der Waals surface area contributed by atoms with E-state index in [1.54, 1.807) is 16.7 Å². The molecule has 0 radical (unpaired) electrons. The second-order valence-corrected chi connectivity index (χ2v) is 13.2. The van der Waals surface area contributed by atoms with Crippen molar-refractivity contribution in [2.24, 2.45) is 29.6 Å². The van der Waals surface area contributed by atoms with Crippen LogP contribution >= 0.6 is 34.7 Å². The normalized spacial score (nSPS) is 34.0. The molecule has 7 atom stereocenters. The topological polar surface area (TPSA) is 99.8 Å². The maximum absolute atomic E-state index is 13.7. The van der Waals surface area contributed by atoms with Crippen LogP contribution < -0.4 is 4.87 Å². The lowest BCUT2D eigenvalue weighted by Crippen LogP contribution is -2.43. The van der Waals surface area contributed by atoms with E-state index in [4.69, 9.17) is 16.3 Å². The monoisotopic (exact) mass is 559 g/mol. The number of thiazole rings is 1. The summed E-state index contributed by atoms with van der Waals surface area (Å²) >= 11 is 9.10. The zero-order valence-corrected chi connectivity index (χ0v) is 22.3. The lowest BCUT2D eigenvalue weighted by molar-refractivity contribution is -0.142. The predicted molar refractivity (Wildman–Crippen MR) is 139 cm³/mol. The van der Waals surface area contributed by atoms with E-state index in [2.05, 4.69) is 4.98 Å². The summed E-state index contributed by atoms with van der Waals surface area (Å²) in [4.78, 5) is 59.4. The van der Waals surface area contributed by atoms with Gasteiger partial charge in [-0.25, -0.2) is 0 Å². The van der Waals surface area contributed by atoms with Crippen LogP contribution in [-0.2, 0) is 19.1 Å². The number of ether oxygens (including phenoxy) is 1. The van der Waals surface area contributed by atoms with E-state index >= 15 is 0 Å². The molecule has 7 unspecified atom stereocenters. The molecule has 0 spiro atoms. The molecule has 3 aliphatic heterocycles. The van der Waals surface area contributed by atoms with Gasteiger partial charge in [0.2, 0.25) is 17.7 Å². The molecule has 194 valence electrons. The Kier molecular flexibility index (Phi) is 5.80. The van der Waals surface area contributed by atoms with E-state index in [9.17, 15) is 19.2 Å². The Bertz CT molecular complexity index is 1340. The summed E-state index contributed by atoms with van der Waals surface area (Å²) in [5.41, 5.74) is 1.09. The summed E-state index contributed by atoms with van der Waals surface area (Å²) in [7, 11) is 0. The number of nitrogens with zero attached hydrogens (tertiary/aromatic N) is 2. The number of aromatic nitrogens is 1. The SMILES string of the molecule is O=C(CCN1C(=O)C2C3CC(C2C1=O)C1C(c2ccc(Cl)cc2)c2sc(=O)[nH]c2SC31)N1CCOCC1. The number of rotatable bonds is 4. The minimum absolute atomic E-state index is 0.0155. The van der Waals surface area contributed by atoms with Gasteiger partial charge in [0.1, 0.15) is 0 Å². The number of aromatic amines is 1. The number of hydrogen-bond acceptors (Lipinski definition) is 7. The van der Waals surface area contributed by atoms with Crippen molar-refractivity contribution in [2.45, 2.75) is 29.0 Å². The van der Waals surface area contributed by atoms with Crippen molar-refractivity contribution in [3.63, 3.8) is 0 Å². The summed E-state index contributed by atoms with van der Waals surface area (Å²) < 4.78 is 5.32. The summed E-state index contributed by atoms with van der Waals surface area (Å²) in [6, 6.07) is 7.78. The Labute approximate surface area is 226 Å². The molecule has 5 aliphatic rings. The van der Waals surface area contributed by atoms with E-state index in [0.717, 1.165) is 21.9 Å². The van der Waals surface area contributed by atoms with Gasteiger partial charge in [0.05, 0.1) is 30.1 Å². The largest absolute Gasteiger partial charge is 0.378 e. The Balaban J connectivity index is 1.17. The van der Waals surface area contributed by atoms with Gasteiger partial charge in [-0.1, -0.05) is 35.1 Å². The second-order valence-electron chi connectivity index (χ2n) is 10.6. The maximum atomic E-state index is 13.7. The van der Waals surface area contributed by atoms with E-state index in [0.29, 0.717) is 31.3 Å². The number of fused-ring (bicyclic) bond motifs is 9. The number of hydrogen-bond donors (Lipinski definition) is 1. The van der Waals surface area contributed by atoms with Crippen LogP contribution in [0.5, 0.6) is 0 Å². The van der Waals surface area contributed by atoms with E-state index in [1.807, 2.05) is 24.3 Å². The van der Waals surface area contributed by atoms with Crippen molar-refractivity contribution >= 4 is 52.4 Å². The van der Waals surface area contributed by atoms with Crippen LogP contribution in [0.3, 0.4) is 0 Å². The minimum Gasteiger partial charge on any atom is -0.378 e. The highest BCUT2D eigenvalue weighted by Gasteiger charge is 2.69. The average molecular weight is 560 g/mol. The predicted octanol–water partition coefficient (Wildman–Crippen LogP) is 2.81. The molecule has 37 heavy (non-hydrogen) atoms. The fourth-order valence-electron chi connectivity index (χ4n) is 7.52. The highest BCUT2D eigenvalue weighted by Crippen LogP contribution is 2.68. The number of amides is 3. The maximum Gasteiger partial charge on any atom is 0.305 e. The third-order valence-corrected chi connectivity index (χ3v) is 11.8. The quantitative estimate of drug-likeness (QED) is 0.578. The van der Waals surface area contributed by atoms with Crippen molar-refractivity contribution in [3.8, 4) is 0 Å². The summed E-state index contributed by atoms with van der Waals surface area (Å²) in [5, 5.41) is 1.70. The molecule has 4 heterocycles. The van der Waals surface area contributed by atoms with Crippen molar-refractivity contribution in [3.05, 3.63) is 49.4 Å². The van der Waals surface area contributed by atoms with Gasteiger partial charge in [0.15, 0.2) is 0 Å². The van der Waals surface area contributed by atoms with Gasteiger partial charge in [-0.05, 0) is 41.9 Å². The average Bonchev–Trinajstić information content (AvgIpc) is 3.63. The minimum atomic E-state index is -0.343. The molecule has 1 aromatic carbocycles.